The fourth-order valence-electron chi connectivity index (χ4n) is 2.05. The second-order valence-corrected chi connectivity index (χ2v) is 9.97. The van der Waals surface area contributed by atoms with Crippen LogP contribution in [0.1, 0.15) is 0 Å². The Morgan fingerprint density at radius 3 is 1.62 bits per heavy atom. The summed E-state index contributed by atoms with van der Waals surface area (Å²) >= 11 is 0.0287. The molecule has 3 rings (SSSR count). The Morgan fingerprint density at radius 1 is 0.828 bits per heavy atom. The van der Waals surface area contributed by atoms with E-state index in [4.69, 9.17) is 0 Å². The predicted octanol–water partition coefficient (Wildman–Crippen LogP) is 1.67. The van der Waals surface area contributed by atoms with Gasteiger partial charge >= 0.3 is 21.2 Å². The number of rotatable bonds is 3. The maximum Gasteiger partial charge on any atom is 0.357 e. The second kappa shape index (κ2) is 9.30. The van der Waals surface area contributed by atoms with Crippen LogP contribution >= 0.6 is 0 Å². The van der Waals surface area contributed by atoms with E-state index in [1.54, 1.807) is 0 Å². The topological polar surface area (TPSA) is 57.2 Å². The molecule has 0 aliphatic heterocycles. The summed E-state index contributed by atoms with van der Waals surface area (Å²) in [5.41, 5.74) is 0. The van der Waals surface area contributed by atoms with Crippen molar-refractivity contribution in [3.63, 3.8) is 0 Å². The zero-order valence-corrected chi connectivity index (χ0v) is 17.1. The zero-order valence-electron chi connectivity index (χ0n) is 14.1. The Balaban J connectivity index is 0.000000211. The molecule has 0 saturated heterocycles. The van der Waals surface area contributed by atoms with Crippen LogP contribution in [0.25, 0.3) is 0 Å². The number of hydrogen-bond donors (Lipinski definition) is 0. The van der Waals surface area contributed by atoms with Gasteiger partial charge in [-0.1, -0.05) is 36.4 Å². The largest absolute Gasteiger partial charge is 0.745 e. The van der Waals surface area contributed by atoms with Crippen molar-refractivity contribution in [1.29, 1.82) is 0 Å². The summed E-state index contributed by atoms with van der Waals surface area (Å²) in [5.74, 6) is -11.6. The van der Waals surface area contributed by atoms with Gasteiger partial charge in [0, 0.05) is 0 Å². The molecule has 0 heterocycles. The summed E-state index contributed by atoms with van der Waals surface area (Å²) < 4.78 is 109. The summed E-state index contributed by atoms with van der Waals surface area (Å²) in [7, 11) is -6.42. The van der Waals surface area contributed by atoms with Crippen molar-refractivity contribution in [3.05, 3.63) is 91.1 Å². The van der Waals surface area contributed by atoms with Gasteiger partial charge in [-0.05, 0) is 24.3 Å². The zero-order chi connectivity index (χ0) is 21.8. The average Bonchev–Trinajstić information content (AvgIpc) is 2.70. The van der Waals surface area contributed by atoms with Crippen molar-refractivity contribution in [2.45, 2.75) is 11.2 Å². The lowest BCUT2D eigenvalue weighted by atomic mass is 10.1. The first-order valence-corrected chi connectivity index (χ1v) is 11.2. The van der Waals surface area contributed by atoms with Crippen LogP contribution in [0.15, 0.2) is 84.0 Å². The molecule has 0 N–H and O–H groups in total. The molecule has 2 aromatic carbocycles. The molecule has 0 spiro atoms. The van der Waals surface area contributed by atoms with Crippen LogP contribution in [-0.2, 0) is 10.1 Å². The van der Waals surface area contributed by atoms with Crippen molar-refractivity contribution < 1.29 is 60.5 Å². The highest BCUT2D eigenvalue weighted by molar-refractivity contribution is 7.87. The van der Waals surface area contributed by atoms with E-state index in [1.807, 2.05) is 0 Å². The first-order valence-electron chi connectivity index (χ1n) is 7.64. The summed E-state index contributed by atoms with van der Waals surface area (Å²) in [5, 5.41) is -5.13. The van der Waals surface area contributed by atoms with Crippen LogP contribution in [0.2, 0.25) is 0 Å². The van der Waals surface area contributed by atoms with Gasteiger partial charge in [-0.2, -0.15) is 0 Å². The van der Waals surface area contributed by atoms with Crippen molar-refractivity contribution in [2.24, 2.45) is 0 Å². The van der Waals surface area contributed by atoms with Gasteiger partial charge in [0.1, 0.15) is 10.1 Å². The van der Waals surface area contributed by atoms with Crippen LogP contribution in [0.4, 0.5) is 26.3 Å². The Kier molecular flexibility index (Phi) is 7.51. The third-order valence-electron chi connectivity index (χ3n) is 3.49. The highest BCUT2D eigenvalue weighted by atomic mass is 127. The molecule has 2 aromatic rings. The lowest BCUT2D eigenvalue weighted by Crippen LogP contribution is -3.61. The van der Waals surface area contributed by atoms with Crippen LogP contribution in [0.3, 0.4) is 0 Å². The Bertz CT molecular complexity index is 991. The van der Waals surface area contributed by atoms with Crippen molar-refractivity contribution in [3.8, 4) is 0 Å². The molecule has 2 unspecified atom stereocenters. The van der Waals surface area contributed by atoms with Crippen molar-refractivity contribution in [1.82, 2.24) is 0 Å². The smallest absolute Gasteiger partial charge is 0.357 e. The molecule has 0 aromatic heterocycles. The van der Waals surface area contributed by atoms with E-state index in [0.717, 1.165) is 0 Å². The highest BCUT2D eigenvalue weighted by Crippen LogP contribution is 2.46. The van der Waals surface area contributed by atoms with E-state index in [-0.39, 0.29) is 21.2 Å². The van der Waals surface area contributed by atoms with Gasteiger partial charge in [0.05, 0.1) is 0 Å². The van der Waals surface area contributed by atoms with Crippen LogP contribution in [0, 0.1) is 7.14 Å². The van der Waals surface area contributed by atoms with Gasteiger partial charge in [0.2, 0.25) is 6.17 Å². The Morgan fingerprint density at radius 2 is 1.24 bits per heavy atom. The molecule has 11 heteroatoms. The van der Waals surface area contributed by atoms with E-state index in [9.17, 15) is 39.3 Å². The molecule has 156 valence electrons. The van der Waals surface area contributed by atoms with Gasteiger partial charge in [-0.3, -0.25) is 0 Å². The standard InChI is InChI=1S/C12H10I.C6H2F6O3S/c1-3-7-11(8-4-1)13-12-9-5-2-6-10-12;7-1-2(8)4(10)6(12,16(13,14)15)5(11)3(1)9/h1-10H;4H,(H,13,14,15)/q+1;/p-1. The molecule has 1 aliphatic rings. The minimum absolute atomic E-state index is 0.0287. The summed E-state index contributed by atoms with van der Waals surface area (Å²) in [6.45, 7) is 0. The fraction of sp³-hybridized carbons (Fsp3) is 0.111. The monoisotopic (exact) mass is 548 g/mol. The minimum atomic E-state index is -6.42. The number of allylic oxidation sites excluding steroid dienone is 3. The van der Waals surface area contributed by atoms with E-state index in [0.29, 0.717) is 0 Å². The van der Waals surface area contributed by atoms with Gasteiger partial charge < -0.3 is 4.55 Å². The quantitative estimate of drug-likeness (QED) is 0.334. The van der Waals surface area contributed by atoms with Gasteiger partial charge in [-0.15, -0.1) is 0 Å². The second-order valence-electron chi connectivity index (χ2n) is 5.44. The lowest BCUT2D eigenvalue weighted by molar-refractivity contribution is -0.597. The van der Waals surface area contributed by atoms with Crippen molar-refractivity contribution >= 4 is 10.1 Å². The molecule has 0 bridgehead atoms. The Labute approximate surface area is 172 Å². The number of halogens is 7. The van der Waals surface area contributed by atoms with Gasteiger partial charge in [-0.25, -0.2) is 34.8 Å². The third-order valence-corrected chi connectivity index (χ3v) is 7.29. The van der Waals surface area contributed by atoms with Crippen LogP contribution in [-0.4, -0.2) is 24.1 Å². The van der Waals surface area contributed by atoms with Crippen molar-refractivity contribution in [2.75, 3.05) is 0 Å². The minimum Gasteiger partial charge on any atom is -0.745 e. The maximum atomic E-state index is 13.2. The van der Waals surface area contributed by atoms with E-state index < -0.39 is 44.6 Å². The first-order chi connectivity index (χ1) is 13.5. The summed E-state index contributed by atoms with van der Waals surface area (Å²) in [6.07, 6.45) is -4.09. The van der Waals surface area contributed by atoms with Crippen LogP contribution in [0.5, 0.6) is 0 Å². The molecule has 0 saturated carbocycles. The molecule has 1 aliphatic carbocycles. The number of hydrogen-bond acceptors (Lipinski definition) is 3. The molecule has 0 fully saturated rings. The SMILES string of the molecule is O=S(=O)([O-])C1(F)C(F)=C(F)C(F)=C(F)C1F.c1ccc([I+]c2ccccc2)cc1. The van der Waals surface area contributed by atoms with E-state index in [1.165, 1.54) is 7.14 Å². The van der Waals surface area contributed by atoms with Crippen LogP contribution < -0.4 is 21.2 Å². The number of alkyl halides is 2. The Hall–Kier alpha value is -1.86. The third kappa shape index (κ3) is 5.01. The summed E-state index contributed by atoms with van der Waals surface area (Å²) in [6, 6.07) is 21.4. The number of benzene rings is 2. The highest BCUT2D eigenvalue weighted by Gasteiger charge is 2.59. The molecule has 2 atom stereocenters. The van der Waals surface area contributed by atoms with Gasteiger partial charge in [0.15, 0.2) is 30.4 Å². The molecular formula is C18H11F6IO3S. The molecule has 0 amide bonds. The van der Waals surface area contributed by atoms with E-state index in [2.05, 4.69) is 60.7 Å². The first kappa shape index (κ1) is 23.4. The molecule has 0 radical (unpaired) electrons. The normalized spacial score (nSPS) is 22.2. The van der Waals surface area contributed by atoms with E-state index >= 15 is 0 Å². The summed E-state index contributed by atoms with van der Waals surface area (Å²) in [4.78, 5) is 0. The average molecular weight is 548 g/mol. The molecule has 29 heavy (non-hydrogen) atoms. The fourth-order valence-corrected chi connectivity index (χ4v) is 4.99. The molecule has 3 nitrogen and oxygen atoms in total. The molecular weight excluding hydrogens is 537 g/mol. The lowest BCUT2D eigenvalue weighted by Gasteiger charge is -2.31. The van der Waals surface area contributed by atoms with Gasteiger partial charge in [0.25, 0.3) is 5.00 Å². The maximum absolute atomic E-state index is 13.2. The predicted molar refractivity (Wildman–Crippen MR) is 87.2 cm³/mol.